The van der Waals surface area contributed by atoms with Crippen molar-refractivity contribution in [1.82, 2.24) is 4.98 Å². The minimum absolute atomic E-state index is 0.0447. The molecule has 0 saturated carbocycles. The highest BCUT2D eigenvalue weighted by Crippen LogP contribution is 2.14. The van der Waals surface area contributed by atoms with Gasteiger partial charge in [-0.2, -0.15) is 0 Å². The average molecular weight is 207 g/mol. The zero-order valence-electron chi connectivity index (χ0n) is 7.18. The number of pyridine rings is 1. The Morgan fingerprint density at radius 2 is 2.14 bits per heavy atom. The van der Waals surface area contributed by atoms with Crippen LogP contribution in [0.1, 0.15) is 5.56 Å². The number of hydrogen-bond donors (Lipinski definition) is 1. The second-order valence-electron chi connectivity index (χ2n) is 2.81. The van der Waals surface area contributed by atoms with Crippen LogP contribution in [0.2, 0.25) is 0 Å². The fourth-order valence-corrected chi connectivity index (χ4v) is 1.34. The lowest BCUT2D eigenvalue weighted by Crippen LogP contribution is -1.92. The Hall–Kier alpha value is -1.61. The minimum Gasteiger partial charge on any atom is -0.410 e. The van der Waals surface area contributed by atoms with Gasteiger partial charge in [-0.1, -0.05) is 35.0 Å². The van der Waals surface area contributed by atoms with E-state index in [0.717, 1.165) is 10.9 Å². The van der Waals surface area contributed by atoms with E-state index >= 15 is 0 Å². The van der Waals surface area contributed by atoms with E-state index in [1.165, 1.54) is 0 Å². The van der Waals surface area contributed by atoms with Crippen molar-refractivity contribution in [2.24, 2.45) is 5.16 Å². The Kier molecular flexibility index (Phi) is 2.33. The maximum absolute atomic E-state index is 8.49. The highest BCUT2D eigenvalue weighted by Gasteiger charge is 2.01. The summed E-state index contributed by atoms with van der Waals surface area (Å²) < 4.78 is 0. The monoisotopic (exact) mass is 206 g/mol. The number of halogens is 1. The van der Waals surface area contributed by atoms with Crippen molar-refractivity contribution in [1.29, 1.82) is 0 Å². The van der Waals surface area contributed by atoms with Crippen molar-refractivity contribution in [3.63, 3.8) is 0 Å². The topological polar surface area (TPSA) is 45.5 Å². The van der Waals surface area contributed by atoms with Crippen molar-refractivity contribution in [2.75, 3.05) is 0 Å². The Bertz CT molecular complexity index is 496. The summed E-state index contributed by atoms with van der Waals surface area (Å²) in [5, 5.41) is 12.4. The number of oxime groups is 1. The Balaban J connectivity index is 2.62. The molecule has 0 amide bonds. The van der Waals surface area contributed by atoms with Gasteiger partial charge in [-0.15, -0.1) is 0 Å². The SMILES string of the molecule is O/N=C(\Cl)c1cnc2ccccc2c1. The number of para-hydroxylation sites is 1. The molecule has 0 bridgehead atoms. The van der Waals surface area contributed by atoms with E-state index in [1.54, 1.807) is 6.20 Å². The summed E-state index contributed by atoms with van der Waals surface area (Å²) in [5.41, 5.74) is 1.49. The third kappa shape index (κ3) is 1.54. The summed E-state index contributed by atoms with van der Waals surface area (Å²) in [7, 11) is 0. The second-order valence-corrected chi connectivity index (χ2v) is 3.17. The molecule has 0 aliphatic carbocycles. The molecular weight excluding hydrogens is 200 g/mol. The molecule has 0 aliphatic rings. The van der Waals surface area contributed by atoms with Gasteiger partial charge in [0.1, 0.15) is 0 Å². The number of nitrogens with zero attached hydrogens (tertiary/aromatic N) is 2. The van der Waals surface area contributed by atoms with Crippen LogP contribution in [0.4, 0.5) is 0 Å². The van der Waals surface area contributed by atoms with Crippen molar-refractivity contribution in [2.45, 2.75) is 0 Å². The Morgan fingerprint density at radius 1 is 1.36 bits per heavy atom. The predicted molar refractivity (Wildman–Crippen MR) is 55.9 cm³/mol. The minimum atomic E-state index is 0.0447. The quantitative estimate of drug-likeness (QED) is 0.443. The van der Waals surface area contributed by atoms with Crippen LogP contribution in [0.25, 0.3) is 10.9 Å². The molecule has 4 heteroatoms. The summed E-state index contributed by atoms with van der Waals surface area (Å²) in [6, 6.07) is 9.48. The van der Waals surface area contributed by atoms with Crippen molar-refractivity contribution in [3.05, 3.63) is 42.1 Å². The summed E-state index contributed by atoms with van der Waals surface area (Å²) in [4.78, 5) is 4.17. The molecule has 1 N–H and O–H groups in total. The molecule has 1 heterocycles. The summed E-state index contributed by atoms with van der Waals surface area (Å²) in [6.07, 6.45) is 1.57. The maximum atomic E-state index is 8.49. The molecule has 14 heavy (non-hydrogen) atoms. The summed E-state index contributed by atoms with van der Waals surface area (Å²) >= 11 is 5.65. The van der Waals surface area contributed by atoms with Crippen LogP contribution in [-0.2, 0) is 0 Å². The number of benzene rings is 1. The standard InChI is InChI=1S/C10H7ClN2O/c11-10(13-14)8-5-7-3-1-2-4-9(7)12-6-8/h1-6,14H/b13-10-. The van der Waals surface area contributed by atoms with Crippen LogP contribution in [0, 0.1) is 0 Å². The first-order valence-corrected chi connectivity index (χ1v) is 4.42. The second kappa shape index (κ2) is 3.64. The number of aromatic nitrogens is 1. The zero-order valence-corrected chi connectivity index (χ0v) is 7.94. The van der Waals surface area contributed by atoms with Gasteiger partial charge in [-0.3, -0.25) is 4.98 Å². The molecule has 1 aromatic carbocycles. The fraction of sp³-hybridized carbons (Fsp3) is 0. The van der Waals surface area contributed by atoms with Gasteiger partial charge in [0.25, 0.3) is 0 Å². The molecule has 0 unspecified atom stereocenters. The van der Waals surface area contributed by atoms with Gasteiger partial charge < -0.3 is 5.21 Å². The van der Waals surface area contributed by atoms with E-state index in [0.29, 0.717) is 5.56 Å². The average Bonchev–Trinajstić information content (AvgIpc) is 2.27. The molecule has 0 fully saturated rings. The van der Waals surface area contributed by atoms with Crippen LogP contribution in [-0.4, -0.2) is 15.4 Å². The molecule has 0 spiro atoms. The molecule has 0 aliphatic heterocycles. The lowest BCUT2D eigenvalue weighted by atomic mass is 10.2. The molecule has 0 radical (unpaired) electrons. The van der Waals surface area contributed by atoms with Gasteiger partial charge in [0.15, 0.2) is 5.17 Å². The first-order valence-electron chi connectivity index (χ1n) is 4.04. The number of fused-ring (bicyclic) bond motifs is 1. The van der Waals surface area contributed by atoms with Gasteiger partial charge >= 0.3 is 0 Å². The van der Waals surface area contributed by atoms with E-state index in [1.807, 2.05) is 30.3 Å². The molecule has 2 aromatic rings. The van der Waals surface area contributed by atoms with Gasteiger partial charge in [-0.05, 0) is 12.1 Å². The highest BCUT2D eigenvalue weighted by molar-refractivity contribution is 6.69. The van der Waals surface area contributed by atoms with Gasteiger partial charge in [0.05, 0.1) is 5.52 Å². The molecule has 0 saturated heterocycles. The normalized spacial score (nSPS) is 11.9. The Labute approximate surface area is 85.6 Å². The van der Waals surface area contributed by atoms with Crippen molar-refractivity contribution < 1.29 is 5.21 Å². The van der Waals surface area contributed by atoms with Crippen molar-refractivity contribution in [3.8, 4) is 0 Å². The van der Waals surface area contributed by atoms with E-state index < -0.39 is 0 Å². The van der Waals surface area contributed by atoms with Gasteiger partial charge in [0.2, 0.25) is 0 Å². The third-order valence-electron chi connectivity index (χ3n) is 1.92. The molecule has 0 atom stereocenters. The van der Waals surface area contributed by atoms with Crippen LogP contribution < -0.4 is 0 Å². The first kappa shape index (κ1) is 8.97. The third-order valence-corrected chi connectivity index (χ3v) is 2.21. The van der Waals surface area contributed by atoms with Crippen LogP contribution in [0.5, 0.6) is 0 Å². The van der Waals surface area contributed by atoms with Crippen LogP contribution in [0.3, 0.4) is 0 Å². The fourth-order valence-electron chi connectivity index (χ4n) is 1.24. The largest absolute Gasteiger partial charge is 0.410 e. The molecule has 1 aromatic heterocycles. The van der Waals surface area contributed by atoms with Gasteiger partial charge in [-0.25, -0.2) is 0 Å². The zero-order chi connectivity index (χ0) is 9.97. The molecule has 70 valence electrons. The Morgan fingerprint density at radius 3 is 2.93 bits per heavy atom. The lowest BCUT2D eigenvalue weighted by Gasteiger charge is -1.99. The van der Waals surface area contributed by atoms with Crippen molar-refractivity contribution >= 4 is 27.7 Å². The van der Waals surface area contributed by atoms with Crippen LogP contribution >= 0.6 is 11.6 Å². The van der Waals surface area contributed by atoms with E-state index in [-0.39, 0.29) is 5.17 Å². The summed E-state index contributed by atoms with van der Waals surface area (Å²) in [6.45, 7) is 0. The lowest BCUT2D eigenvalue weighted by molar-refractivity contribution is 0.321. The molecule has 2 rings (SSSR count). The van der Waals surface area contributed by atoms with Crippen LogP contribution in [0.15, 0.2) is 41.7 Å². The van der Waals surface area contributed by atoms with E-state index in [2.05, 4.69) is 10.1 Å². The molecule has 3 nitrogen and oxygen atoms in total. The van der Waals surface area contributed by atoms with E-state index in [4.69, 9.17) is 16.8 Å². The number of rotatable bonds is 1. The smallest absolute Gasteiger partial charge is 0.176 e. The summed E-state index contributed by atoms with van der Waals surface area (Å²) in [5.74, 6) is 0. The highest BCUT2D eigenvalue weighted by atomic mass is 35.5. The number of hydrogen-bond acceptors (Lipinski definition) is 3. The first-order chi connectivity index (χ1) is 6.81. The van der Waals surface area contributed by atoms with Gasteiger partial charge in [0, 0.05) is 17.1 Å². The van der Waals surface area contributed by atoms with E-state index in [9.17, 15) is 0 Å². The maximum Gasteiger partial charge on any atom is 0.176 e. The predicted octanol–water partition coefficient (Wildman–Crippen LogP) is 2.61. The molecular formula is C10H7ClN2O.